The Morgan fingerprint density at radius 2 is 2.10 bits per heavy atom. The van der Waals surface area contributed by atoms with Crippen molar-refractivity contribution in [1.82, 2.24) is 4.90 Å². The number of hydrogen-bond acceptors (Lipinski definition) is 2. The zero-order chi connectivity index (χ0) is 15.1. The first-order chi connectivity index (χ1) is 10.2. The molecule has 2 rings (SSSR count). The van der Waals surface area contributed by atoms with Crippen molar-refractivity contribution in [3.63, 3.8) is 0 Å². The van der Waals surface area contributed by atoms with E-state index < -0.39 is 0 Å². The van der Waals surface area contributed by atoms with Crippen molar-refractivity contribution >= 4 is 0 Å². The van der Waals surface area contributed by atoms with Crippen LogP contribution in [0.3, 0.4) is 0 Å². The molecule has 1 heterocycles. The Kier molecular flexibility index (Phi) is 6.22. The van der Waals surface area contributed by atoms with Gasteiger partial charge in [0.15, 0.2) is 0 Å². The van der Waals surface area contributed by atoms with Crippen LogP contribution in [0.25, 0.3) is 0 Å². The van der Waals surface area contributed by atoms with E-state index in [0.717, 1.165) is 31.1 Å². The van der Waals surface area contributed by atoms with Gasteiger partial charge in [-0.1, -0.05) is 37.7 Å². The number of aliphatic hydroxyl groups is 1. The molecule has 0 unspecified atom stereocenters. The van der Waals surface area contributed by atoms with Gasteiger partial charge in [-0.3, -0.25) is 4.90 Å². The van der Waals surface area contributed by atoms with E-state index in [0.29, 0.717) is 5.56 Å². The van der Waals surface area contributed by atoms with Crippen molar-refractivity contribution in [3.8, 4) is 11.8 Å². The Labute approximate surface area is 127 Å². The molecule has 3 heteroatoms. The van der Waals surface area contributed by atoms with Crippen LogP contribution in [0.15, 0.2) is 18.2 Å². The molecule has 1 N–H and O–H groups in total. The van der Waals surface area contributed by atoms with Crippen molar-refractivity contribution in [2.45, 2.75) is 39.2 Å². The zero-order valence-electron chi connectivity index (χ0n) is 12.7. The molecule has 1 aliphatic rings. The topological polar surface area (TPSA) is 23.5 Å². The molecule has 1 aromatic carbocycles. The maximum Gasteiger partial charge on any atom is 0.138 e. The Morgan fingerprint density at radius 3 is 2.76 bits per heavy atom. The van der Waals surface area contributed by atoms with E-state index in [9.17, 15) is 4.39 Å². The molecule has 0 radical (unpaired) electrons. The summed E-state index contributed by atoms with van der Waals surface area (Å²) in [4.78, 5) is 2.43. The van der Waals surface area contributed by atoms with Gasteiger partial charge in [-0.05, 0) is 49.5 Å². The number of likely N-dealkylation sites (tertiary alicyclic amines) is 1. The van der Waals surface area contributed by atoms with Crippen LogP contribution in [0.2, 0.25) is 0 Å². The summed E-state index contributed by atoms with van der Waals surface area (Å²) in [6, 6.07) is 5.11. The molecule has 1 saturated heterocycles. The standard InChI is InChI=1S/C18H24FNO/c1-2-4-15-8-10-20(11-9-15)14-16-6-7-18(19)17(13-16)5-3-12-21/h6-7,13,15,21H,2,4,8-12,14H2,1H3. The van der Waals surface area contributed by atoms with Crippen LogP contribution in [-0.4, -0.2) is 29.7 Å². The smallest absolute Gasteiger partial charge is 0.138 e. The highest BCUT2D eigenvalue weighted by Gasteiger charge is 2.18. The first-order valence-electron chi connectivity index (χ1n) is 7.83. The molecular formula is C18H24FNO. The van der Waals surface area contributed by atoms with E-state index in [2.05, 4.69) is 23.7 Å². The summed E-state index contributed by atoms with van der Waals surface area (Å²) in [5.41, 5.74) is 1.47. The normalized spacial score (nSPS) is 16.5. The Morgan fingerprint density at radius 1 is 1.33 bits per heavy atom. The Hall–Kier alpha value is -1.37. The van der Waals surface area contributed by atoms with E-state index in [1.165, 1.54) is 31.7 Å². The summed E-state index contributed by atoms with van der Waals surface area (Å²) < 4.78 is 13.6. The molecule has 114 valence electrons. The van der Waals surface area contributed by atoms with Gasteiger partial charge in [0.1, 0.15) is 12.4 Å². The molecule has 1 aromatic rings. The lowest BCUT2D eigenvalue weighted by molar-refractivity contribution is 0.172. The summed E-state index contributed by atoms with van der Waals surface area (Å²) in [5, 5.41) is 8.71. The second-order valence-electron chi connectivity index (χ2n) is 5.78. The molecular weight excluding hydrogens is 265 g/mol. The van der Waals surface area contributed by atoms with E-state index in [1.54, 1.807) is 6.07 Å². The highest BCUT2D eigenvalue weighted by molar-refractivity contribution is 5.38. The van der Waals surface area contributed by atoms with Gasteiger partial charge < -0.3 is 5.11 Å². The molecule has 21 heavy (non-hydrogen) atoms. The average molecular weight is 289 g/mol. The van der Waals surface area contributed by atoms with Crippen molar-refractivity contribution in [3.05, 3.63) is 35.1 Å². The number of halogens is 1. The second-order valence-corrected chi connectivity index (χ2v) is 5.78. The lowest BCUT2D eigenvalue weighted by Crippen LogP contribution is -2.33. The summed E-state index contributed by atoms with van der Waals surface area (Å²) in [7, 11) is 0. The third-order valence-corrected chi connectivity index (χ3v) is 4.14. The van der Waals surface area contributed by atoms with Crippen LogP contribution < -0.4 is 0 Å². The highest BCUT2D eigenvalue weighted by Crippen LogP contribution is 2.23. The van der Waals surface area contributed by atoms with E-state index in [1.807, 2.05) is 6.07 Å². The third-order valence-electron chi connectivity index (χ3n) is 4.14. The van der Waals surface area contributed by atoms with Crippen LogP contribution in [0.1, 0.15) is 43.7 Å². The average Bonchev–Trinajstić information content (AvgIpc) is 2.50. The van der Waals surface area contributed by atoms with Crippen molar-refractivity contribution in [1.29, 1.82) is 0 Å². The minimum absolute atomic E-state index is 0.241. The van der Waals surface area contributed by atoms with Gasteiger partial charge in [0, 0.05) is 6.54 Å². The van der Waals surface area contributed by atoms with Crippen LogP contribution in [0.5, 0.6) is 0 Å². The molecule has 1 fully saturated rings. The van der Waals surface area contributed by atoms with Crippen LogP contribution in [0, 0.1) is 23.6 Å². The van der Waals surface area contributed by atoms with Gasteiger partial charge in [-0.25, -0.2) is 4.39 Å². The second kappa shape index (κ2) is 8.17. The van der Waals surface area contributed by atoms with Gasteiger partial charge in [-0.2, -0.15) is 0 Å². The predicted molar refractivity (Wildman–Crippen MR) is 83.3 cm³/mol. The molecule has 0 aromatic heterocycles. The third kappa shape index (κ3) is 4.84. The highest BCUT2D eigenvalue weighted by atomic mass is 19.1. The minimum atomic E-state index is -0.318. The quantitative estimate of drug-likeness (QED) is 0.861. The summed E-state index contributed by atoms with van der Waals surface area (Å²) in [5.74, 6) is 5.74. The summed E-state index contributed by atoms with van der Waals surface area (Å²) in [6.07, 6.45) is 5.15. The van der Waals surface area contributed by atoms with Crippen LogP contribution >= 0.6 is 0 Å². The maximum atomic E-state index is 13.6. The molecule has 0 amide bonds. The summed E-state index contributed by atoms with van der Waals surface area (Å²) >= 11 is 0. The van der Waals surface area contributed by atoms with Gasteiger partial charge >= 0.3 is 0 Å². The lowest BCUT2D eigenvalue weighted by atomic mass is 9.92. The van der Waals surface area contributed by atoms with Gasteiger partial charge in [-0.15, -0.1) is 0 Å². The monoisotopic (exact) mass is 289 g/mol. The van der Waals surface area contributed by atoms with Crippen LogP contribution in [0.4, 0.5) is 4.39 Å². The summed E-state index contributed by atoms with van der Waals surface area (Å²) in [6.45, 7) is 5.11. The minimum Gasteiger partial charge on any atom is -0.384 e. The zero-order valence-corrected chi connectivity index (χ0v) is 12.7. The number of aliphatic hydroxyl groups excluding tert-OH is 1. The Bertz CT molecular complexity index is 510. The largest absolute Gasteiger partial charge is 0.384 e. The maximum absolute atomic E-state index is 13.6. The molecule has 2 nitrogen and oxygen atoms in total. The van der Waals surface area contributed by atoms with Crippen molar-refractivity contribution in [2.75, 3.05) is 19.7 Å². The van der Waals surface area contributed by atoms with Gasteiger partial charge in [0.2, 0.25) is 0 Å². The van der Waals surface area contributed by atoms with Gasteiger partial charge in [0.05, 0.1) is 5.56 Å². The number of hydrogen-bond donors (Lipinski definition) is 1. The van der Waals surface area contributed by atoms with E-state index >= 15 is 0 Å². The Balaban J connectivity index is 1.94. The van der Waals surface area contributed by atoms with Gasteiger partial charge in [0.25, 0.3) is 0 Å². The number of benzene rings is 1. The first-order valence-corrected chi connectivity index (χ1v) is 7.83. The molecule has 0 saturated carbocycles. The SMILES string of the molecule is CCCC1CCN(Cc2ccc(F)c(C#CCO)c2)CC1. The lowest BCUT2D eigenvalue weighted by Gasteiger charge is -2.31. The fraction of sp³-hybridized carbons (Fsp3) is 0.556. The molecule has 0 atom stereocenters. The molecule has 0 aliphatic carbocycles. The fourth-order valence-corrected chi connectivity index (χ4v) is 3.00. The van der Waals surface area contributed by atoms with Crippen molar-refractivity contribution in [2.24, 2.45) is 5.92 Å². The number of rotatable bonds is 4. The fourth-order valence-electron chi connectivity index (χ4n) is 3.00. The van der Waals surface area contributed by atoms with E-state index in [4.69, 9.17) is 5.11 Å². The first kappa shape index (κ1) is 16.0. The molecule has 0 spiro atoms. The number of piperidine rings is 1. The predicted octanol–water partition coefficient (Wildman–Crippen LogP) is 3.18. The van der Waals surface area contributed by atoms with E-state index in [-0.39, 0.29) is 12.4 Å². The van der Waals surface area contributed by atoms with Crippen LogP contribution in [-0.2, 0) is 6.54 Å². The molecule has 0 bridgehead atoms. The number of nitrogens with zero attached hydrogens (tertiary/aromatic N) is 1. The van der Waals surface area contributed by atoms with Crippen molar-refractivity contribution < 1.29 is 9.50 Å². The molecule has 1 aliphatic heterocycles.